The highest BCUT2D eigenvalue weighted by atomic mass is 127. The number of hydrogen-bond acceptors (Lipinski definition) is 9. The molecule has 7 N–H and O–H groups in total. The van der Waals surface area contributed by atoms with Crippen LogP contribution in [0.25, 0.3) is 0 Å². The van der Waals surface area contributed by atoms with Crippen LogP contribution in [0.3, 0.4) is 0 Å². The number of carbonyl (C=O) groups excluding carboxylic acids is 3. The number of fused-ring (bicyclic) bond motifs is 1. The number of unbranched alkanes of at least 4 members (excludes halogenated alkanes) is 1. The molecule has 0 radical (unpaired) electrons. The molecule has 0 aromatic heterocycles. The van der Waals surface area contributed by atoms with Crippen molar-refractivity contribution in [3.05, 3.63) is 0 Å². The summed E-state index contributed by atoms with van der Waals surface area (Å²) in [5.41, 5.74) is 10.9. The molecule has 0 spiro atoms. The predicted molar refractivity (Wildman–Crippen MR) is 143 cm³/mol. The molecular weight excluding hydrogens is 589 g/mol. The van der Waals surface area contributed by atoms with E-state index in [-0.39, 0.29) is 40.0 Å². The number of thioether (sulfide) groups is 1. The van der Waals surface area contributed by atoms with Crippen LogP contribution in [-0.2, 0) is 23.8 Å². The molecule has 1 unspecified atom stereocenters. The van der Waals surface area contributed by atoms with Crippen molar-refractivity contribution in [2.24, 2.45) is 11.5 Å². The summed E-state index contributed by atoms with van der Waals surface area (Å²) in [5.74, 6) is 0.455. The van der Waals surface area contributed by atoms with Gasteiger partial charge in [-0.15, -0.1) is 0 Å². The normalized spacial score (nSPS) is 22.1. The van der Waals surface area contributed by atoms with Crippen LogP contribution < -0.4 is 27.4 Å². The molecule has 11 nitrogen and oxygen atoms in total. The maximum absolute atomic E-state index is 12.2. The molecule has 0 aliphatic carbocycles. The summed E-state index contributed by atoms with van der Waals surface area (Å²) in [6.45, 7) is 3.00. The Bertz CT molecular complexity index is 662. The summed E-state index contributed by atoms with van der Waals surface area (Å²) >= 11 is 3.93. The standard InChI is InChI=1S/C22H40IN5O6S/c23-15(4-3-8-32-10-12-34-13-11-33-9-7-18(24)25)21(30)27-19(29)6-2-1-5-17-20-16(14-35-17)26-22(31)28-20/h15-18,20H,1-14,24-25H2,(H2,26,28,31)(H,27,29,30)/t15?,16-,17-,20-/m0/s1. The number of rotatable bonds is 19. The minimum Gasteiger partial charge on any atom is -0.379 e. The number of urea groups is 1. The summed E-state index contributed by atoms with van der Waals surface area (Å²) in [4.78, 5) is 35.8. The van der Waals surface area contributed by atoms with Gasteiger partial charge in [-0.1, -0.05) is 29.0 Å². The van der Waals surface area contributed by atoms with E-state index in [2.05, 4.69) is 38.5 Å². The van der Waals surface area contributed by atoms with E-state index < -0.39 is 0 Å². The Kier molecular flexibility index (Phi) is 15.4. The van der Waals surface area contributed by atoms with E-state index in [0.29, 0.717) is 64.2 Å². The van der Waals surface area contributed by atoms with Gasteiger partial charge in [-0.25, -0.2) is 4.79 Å². The average Bonchev–Trinajstić information content (AvgIpc) is 3.36. The number of hydrogen-bond donors (Lipinski definition) is 5. The SMILES string of the molecule is NC(N)CCOCCOCCOCCCC(I)C(=O)NC(=O)CCCC[C@@H]1SC[C@@H]2NC(=O)N[C@@H]21. The van der Waals surface area contributed by atoms with Gasteiger partial charge in [-0.2, -0.15) is 11.8 Å². The number of halogens is 1. The molecule has 2 heterocycles. The van der Waals surface area contributed by atoms with Crippen molar-refractivity contribution in [3.63, 3.8) is 0 Å². The number of nitrogens with two attached hydrogens (primary N) is 2. The van der Waals surface area contributed by atoms with Crippen molar-refractivity contribution < 1.29 is 28.6 Å². The van der Waals surface area contributed by atoms with Crippen molar-refractivity contribution >= 4 is 52.2 Å². The molecule has 2 aliphatic rings. The van der Waals surface area contributed by atoms with Crippen LogP contribution in [0, 0.1) is 0 Å². The smallest absolute Gasteiger partial charge is 0.315 e. The lowest BCUT2D eigenvalue weighted by atomic mass is 10.0. The first-order valence-electron chi connectivity index (χ1n) is 12.3. The third-order valence-electron chi connectivity index (χ3n) is 5.71. The van der Waals surface area contributed by atoms with E-state index in [4.69, 9.17) is 25.7 Å². The Hall–Kier alpha value is -0.710. The lowest BCUT2D eigenvalue weighted by Crippen LogP contribution is -2.37. The highest BCUT2D eigenvalue weighted by Gasteiger charge is 2.42. The Morgan fingerprint density at radius 3 is 2.40 bits per heavy atom. The Labute approximate surface area is 225 Å². The van der Waals surface area contributed by atoms with E-state index >= 15 is 0 Å². The van der Waals surface area contributed by atoms with E-state index in [1.54, 1.807) is 0 Å². The van der Waals surface area contributed by atoms with Gasteiger partial charge in [-0.05, 0) is 32.1 Å². The number of amides is 4. The van der Waals surface area contributed by atoms with Gasteiger partial charge >= 0.3 is 6.03 Å². The second-order valence-corrected chi connectivity index (χ2v) is 11.5. The van der Waals surface area contributed by atoms with E-state index in [0.717, 1.165) is 31.4 Å². The molecule has 4 amide bonds. The van der Waals surface area contributed by atoms with Crippen LogP contribution in [0.5, 0.6) is 0 Å². The highest BCUT2D eigenvalue weighted by Crippen LogP contribution is 2.33. The van der Waals surface area contributed by atoms with Gasteiger partial charge in [0.15, 0.2) is 0 Å². The van der Waals surface area contributed by atoms with Gasteiger partial charge in [0, 0.05) is 30.6 Å². The molecule has 2 rings (SSSR count). The third-order valence-corrected chi connectivity index (χ3v) is 8.41. The summed E-state index contributed by atoms with van der Waals surface area (Å²) in [6.07, 6.45) is 4.54. The van der Waals surface area contributed by atoms with E-state index in [1.165, 1.54) is 0 Å². The van der Waals surface area contributed by atoms with Crippen molar-refractivity contribution in [1.29, 1.82) is 0 Å². The minimum absolute atomic E-state index is 0.0838. The fourth-order valence-corrected chi connectivity index (χ4v) is 5.95. The first-order valence-corrected chi connectivity index (χ1v) is 14.6. The number of carbonyl (C=O) groups is 3. The van der Waals surface area contributed by atoms with Crippen LogP contribution in [0.4, 0.5) is 4.79 Å². The Morgan fingerprint density at radius 1 is 1.00 bits per heavy atom. The lowest BCUT2D eigenvalue weighted by molar-refractivity contribution is -0.130. The molecule has 0 bridgehead atoms. The van der Waals surface area contributed by atoms with Crippen molar-refractivity contribution in [2.75, 3.05) is 45.4 Å². The zero-order valence-electron chi connectivity index (χ0n) is 20.2. The summed E-state index contributed by atoms with van der Waals surface area (Å²) in [5, 5.41) is 8.79. The first kappa shape index (κ1) is 30.5. The van der Waals surface area contributed by atoms with Gasteiger partial charge in [0.2, 0.25) is 11.8 Å². The van der Waals surface area contributed by atoms with Gasteiger partial charge in [-0.3, -0.25) is 14.9 Å². The second-order valence-electron chi connectivity index (χ2n) is 8.68. The summed E-state index contributed by atoms with van der Waals surface area (Å²) < 4.78 is 16.0. The fourth-order valence-electron chi connectivity index (χ4n) is 3.81. The molecule has 0 aromatic rings. The lowest BCUT2D eigenvalue weighted by Gasteiger charge is -2.16. The zero-order chi connectivity index (χ0) is 25.5. The van der Waals surface area contributed by atoms with Crippen molar-refractivity contribution in [3.8, 4) is 0 Å². The van der Waals surface area contributed by atoms with Crippen molar-refractivity contribution in [1.82, 2.24) is 16.0 Å². The van der Waals surface area contributed by atoms with Crippen LogP contribution in [0.2, 0.25) is 0 Å². The average molecular weight is 630 g/mol. The van der Waals surface area contributed by atoms with Crippen LogP contribution in [-0.4, -0.2) is 90.7 Å². The number of nitrogens with one attached hydrogen (secondary N) is 3. The van der Waals surface area contributed by atoms with Gasteiger partial charge in [0.1, 0.15) is 0 Å². The fraction of sp³-hybridized carbons (Fsp3) is 0.864. The van der Waals surface area contributed by atoms with E-state index in [1.807, 2.05) is 11.8 Å². The quantitative estimate of drug-likeness (QED) is 0.0453. The van der Waals surface area contributed by atoms with Crippen LogP contribution in [0.15, 0.2) is 0 Å². The number of alkyl halides is 1. The second kappa shape index (κ2) is 17.7. The maximum atomic E-state index is 12.2. The molecule has 4 atom stereocenters. The van der Waals surface area contributed by atoms with E-state index in [9.17, 15) is 14.4 Å². The molecule has 2 aliphatic heterocycles. The predicted octanol–water partition coefficient (Wildman–Crippen LogP) is 0.622. The molecule has 0 aromatic carbocycles. The maximum Gasteiger partial charge on any atom is 0.315 e. The molecule has 2 fully saturated rings. The topological polar surface area (TPSA) is 167 Å². The molecule has 2 saturated heterocycles. The van der Waals surface area contributed by atoms with Crippen LogP contribution in [0.1, 0.15) is 44.9 Å². The first-order chi connectivity index (χ1) is 16.9. The summed E-state index contributed by atoms with van der Waals surface area (Å²) in [6, 6.07) is 0.320. The molecule has 202 valence electrons. The van der Waals surface area contributed by atoms with Gasteiger partial charge < -0.3 is 36.3 Å². The van der Waals surface area contributed by atoms with Gasteiger partial charge in [0.25, 0.3) is 0 Å². The van der Waals surface area contributed by atoms with Gasteiger partial charge in [0.05, 0.1) is 48.6 Å². The largest absolute Gasteiger partial charge is 0.379 e. The number of imide groups is 1. The minimum atomic E-state index is -0.347. The Balaban J connectivity index is 1.39. The van der Waals surface area contributed by atoms with Crippen LogP contribution >= 0.6 is 34.4 Å². The zero-order valence-corrected chi connectivity index (χ0v) is 23.2. The molecule has 0 saturated carbocycles. The number of ether oxygens (including phenoxy) is 3. The monoisotopic (exact) mass is 629 g/mol. The molecular formula is C22H40IN5O6S. The molecule has 35 heavy (non-hydrogen) atoms. The highest BCUT2D eigenvalue weighted by molar-refractivity contribution is 14.1. The third kappa shape index (κ3) is 12.9. The summed E-state index contributed by atoms with van der Waals surface area (Å²) in [7, 11) is 0. The Morgan fingerprint density at radius 2 is 1.69 bits per heavy atom. The van der Waals surface area contributed by atoms with Crippen molar-refractivity contribution in [2.45, 2.75) is 72.4 Å². The molecule has 13 heteroatoms.